The Labute approximate surface area is 85.0 Å². The fourth-order valence-electron chi connectivity index (χ4n) is 2.25. The van der Waals surface area contributed by atoms with E-state index in [1.54, 1.807) is 0 Å². The Balaban J connectivity index is 1.87. The van der Waals surface area contributed by atoms with Crippen LogP contribution in [-0.4, -0.2) is 48.1 Å². The Kier molecular flexibility index (Phi) is 2.91. The van der Waals surface area contributed by atoms with Gasteiger partial charge in [-0.05, 0) is 25.7 Å². The molecule has 0 saturated carbocycles. The van der Waals surface area contributed by atoms with Crippen LogP contribution in [0.2, 0.25) is 0 Å². The van der Waals surface area contributed by atoms with E-state index in [1.165, 1.54) is 6.42 Å². The van der Waals surface area contributed by atoms with Crippen LogP contribution in [0.25, 0.3) is 0 Å². The number of carbonyl (C=O) groups excluding carboxylic acids is 1. The maximum Gasteiger partial charge on any atom is 0.320 e. The third-order valence-corrected chi connectivity index (χ3v) is 3.12. The molecule has 0 aromatic heterocycles. The van der Waals surface area contributed by atoms with E-state index in [9.17, 15) is 4.79 Å². The van der Waals surface area contributed by atoms with Crippen molar-refractivity contribution in [3.63, 3.8) is 0 Å². The first kappa shape index (κ1) is 9.77. The van der Waals surface area contributed by atoms with Crippen LogP contribution < -0.4 is 5.73 Å². The maximum atomic E-state index is 11.9. The summed E-state index contributed by atoms with van der Waals surface area (Å²) in [5.74, 6) is 0. The van der Waals surface area contributed by atoms with Crippen molar-refractivity contribution in [1.29, 1.82) is 0 Å². The van der Waals surface area contributed by atoms with Gasteiger partial charge in [0, 0.05) is 32.2 Å². The van der Waals surface area contributed by atoms with Gasteiger partial charge >= 0.3 is 6.03 Å². The molecule has 0 unspecified atom stereocenters. The highest BCUT2D eigenvalue weighted by Crippen LogP contribution is 2.14. The second-order valence-electron chi connectivity index (χ2n) is 4.33. The maximum absolute atomic E-state index is 11.9. The predicted octanol–water partition coefficient (Wildman–Crippen LogP) is 0.625. The highest BCUT2D eigenvalue weighted by atomic mass is 16.2. The summed E-state index contributed by atoms with van der Waals surface area (Å²) in [5, 5.41) is 0. The van der Waals surface area contributed by atoms with Crippen LogP contribution in [0.3, 0.4) is 0 Å². The highest BCUT2D eigenvalue weighted by molar-refractivity contribution is 5.74. The Hall–Kier alpha value is -0.770. The molecule has 2 fully saturated rings. The summed E-state index contributed by atoms with van der Waals surface area (Å²) in [7, 11) is 0. The Morgan fingerprint density at radius 2 is 1.79 bits per heavy atom. The van der Waals surface area contributed by atoms with E-state index >= 15 is 0 Å². The van der Waals surface area contributed by atoms with Crippen LogP contribution in [0.15, 0.2) is 0 Å². The summed E-state index contributed by atoms with van der Waals surface area (Å²) in [6.45, 7) is 3.46. The van der Waals surface area contributed by atoms with Gasteiger partial charge < -0.3 is 15.5 Å². The third-order valence-electron chi connectivity index (χ3n) is 3.12. The molecule has 14 heavy (non-hydrogen) atoms. The van der Waals surface area contributed by atoms with Crippen LogP contribution in [-0.2, 0) is 0 Å². The van der Waals surface area contributed by atoms with Gasteiger partial charge in [0.2, 0.25) is 0 Å². The van der Waals surface area contributed by atoms with Gasteiger partial charge in [-0.15, -0.1) is 0 Å². The number of carbonyl (C=O) groups is 1. The van der Waals surface area contributed by atoms with E-state index in [1.807, 2.05) is 9.80 Å². The third kappa shape index (κ3) is 2.00. The largest absolute Gasteiger partial charge is 0.326 e. The van der Waals surface area contributed by atoms with Crippen molar-refractivity contribution in [2.45, 2.75) is 31.7 Å². The van der Waals surface area contributed by atoms with Gasteiger partial charge in [-0.1, -0.05) is 0 Å². The SMILES string of the molecule is N[C@H]1CCN(C(=O)N2CCCCC2)C1. The summed E-state index contributed by atoms with van der Waals surface area (Å²) in [6, 6.07) is 0.404. The minimum atomic E-state index is 0.198. The number of urea groups is 1. The average Bonchev–Trinajstić information content (AvgIpc) is 2.65. The number of amides is 2. The summed E-state index contributed by atoms with van der Waals surface area (Å²) in [5.41, 5.74) is 5.78. The normalized spacial score (nSPS) is 28.2. The molecule has 2 N–H and O–H groups in total. The number of rotatable bonds is 0. The molecule has 0 radical (unpaired) electrons. The molecule has 4 nitrogen and oxygen atoms in total. The Bertz CT molecular complexity index is 207. The molecular formula is C10H19N3O. The first-order valence-electron chi connectivity index (χ1n) is 5.57. The van der Waals surface area contributed by atoms with Crippen molar-refractivity contribution in [2.24, 2.45) is 5.73 Å². The smallest absolute Gasteiger partial charge is 0.320 e. The molecule has 80 valence electrons. The molecule has 2 heterocycles. The first-order chi connectivity index (χ1) is 6.77. The summed E-state index contributed by atoms with van der Waals surface area (Å²) < 4.78 is 0. The summed E-state index contributed by atoms with van der Waals surface area (Å²) in [4.78, 5) is 15.8. The average molecular weight is 197 g/mol. The molecular weight excluding hydrogens is 178 g/mol. The van der Waals surface area contributed by atoms with Crippen LogP contribution in [0.4, 0.5) is 4.79 Å². The van der Waals surface area contributed by atoms with Gasteiger partial charge in [-0.25, -0.2) is 4.79 Å². The molecule has 0 aromatic carbocycles. The lowest BCUT2D eigenvalue weighted by Crippen LogP contribution is -2.45. The molecule has 4 heteroatoms. The van der Waals surface area contributed by atoms with Gasteiger partial charge in [-0.3, -0.25) is 0 Å². The summed E-state index contributed by atoms with van der Waals surface area (Å²) >= 11 is 0. The molecule has 2 aliphatic heterocycles. The van der Waals surface area contributed by atoms with E-state index in [2.05, 4.69) is 0 Å². The number of piperidine rings is 1. The number of nitrogens with zero attached hydrogens (tertiary/aromatic N) is 2. The van der Waals surface area contributed by atoms with E-state index in [0.717, 1.165) is 45.4 Å². The quantitative estimate of drug-likeness (QED) is 0.619. The van der Waals surface area contributed by atoms with E-state index < -0.39 is 0 Å². The standard InChI is InChI=1S/C10H19N3O/c11-9-4-7-13(8-9)10(14)12-5-2-1-3-6-12/h9H,1-8,11H2/t9-/m0/s1. The number of likely N-dealkylation sites (tertiary alicyclic amines) is 2. The lowest BCUT2D eigenvalue weighted by atomic mass is 10.1. The van der Waals surface area contributed by atoms with E-state index in [0.29, 0.717) is 0 Å². The molecule has 2 aliphatic rings. The van der Waals surface area contributed by atoms with Gasteiger partial charge in [0.25, 0.3) is 0 Å². The topological polar surface area (TPSA) is 49.6 Å². The van der Waals surface area contributed by atoms with Crippen molar-refractivity contribution in [1.82, 2.24) is 9.80 Å². The molecule has 0 spiro atoms. The van der Waals surface area contributed by atoms with E-state index in [4.69, 9.17) is 5.73 Å². The van der Waals surface area contributed by atoms with Crippen LogP contribution in [0, 0.1) is 0 Å². The zero-order valence-electron chi connectivity index (χ0n) is 8.61. The van der Waals surface area contributed by atoms with Crippen molar-refractivity contribution in [2.75, 3.05) is 26.2 Å². The molecule has 0 aliphatic carbocycles. The fourth-order valence-corrected chi connectivity index (χ4v) is 2.25. The molecule has 1 atom stereocenters. The summed E-state index contributed by atoms with van der Waals surface area (Å²) in [6.07, 6.45) is 4.54. The molecule has 2 saturated heterocycles. The van der Waals surface area contributed by atoms with E-state index in [-0.39, 0.29) is 12.1 Å². The first-order valence-corrected chi connectivity index (χ1v) is 5.57. The van der Waals surface area contributed by atoms with Crippen LogP contribution >= 0.6 is 0 Å². The van der Waals surface area contributed by atoms with Gasteiger partial charge in [0.05, 0.1) is 0 Å². The van der Waals surface area contributed by atoms with Gasteiger partial charge in [0.1, 0.15) is 0 Å². The lowest BCUT2D eigenvalue weighted by molar-refractivity contribution is 0.152. The van der Waals surface area contributed by atoms with Gasteiger partial charge in [0.15, 0.2) is 0 Å². The minimum absolute atomic E-state index is 0.198. The zero-order chi connectivity index (χ0) is 9.97. The highest BCUT2D eigenvalue weighted by Gasteiger charge is 2.27. The molecule has 0 aromatic rings. The van der Waals surface area contributed by atoms with Crippen molar-refractivity contribution < 1.29 is 4.79 Å². The molecule has 2 amide bonds. The minimum Gasteiger partial charge on any atom is -0.326 e. The number of nitrogens with two attached hydrogens (primary N) is 1. The Morgan fingerprint density at radius 3 is 2.36 bits per heavy atom. The zero-order valence-corrected chi connectivity index (χ0v) is 8.61. The Morgan fingerprint density at radius 1 is 1.07 bits per heavy atom. The van der Waals surface area contributed by atoms with Crippen molar-refractivity contribution in [3.8, 4) is 0 Å². The molecule has 0 bridgehead atoms. The van der Waals surface area contributed by atoms with Crippen LogP contribution in [0.5, 0.6) is 0 Å². The monoisotopic (exact) mass is 197 g/mol. The lowest BCUT2D eigenvalue weighted by Gasteiger charge is -2.30. The second kappa shape index (κ2) is 4.17. The fraction of sp³-hybridized carbons (Fsp3) is 0.900. The van der Waals surface area contributed by atoms with Crippen molar-refractivity contribution >= 4 is 6.03 Å². The van der Waals surface area contributed by atoms with Crippen molar-refractivity contribution in [3.05, 3.63) is 0 Å². The predicted molar refractivity (Wildman–Crippen MR) is 55.0 cm³/mol. The van der Waals surface area contributed by atoms with Gasteiger partial charge in [-0.2, -0.15) is 0 Å². The number of hydrogen-bond acceptors (Lipinski definition) is 2. The second-order valence-corrected chi connectivity index (χ2v) is 4.33. The molecule has 2 rings (SSSR count). The van der Waals surface area contributed by atoms with Crippen LogP contribution in [0.1, 0.15) is 25.7 Å². The number of hydrogen-bond donors (Lipinski definition) is 1.